The molecule has 0 saturated carbocycles. The molecule has 3 aromatic rings. The van der Waals surface area contributed by atoms with Crippen molar-refractivity contribution in [1.82, 2.24) is 10.2 Å². The molecule has 3 rings (SSSR count). The van der Waals surface area contributed by atoms with Gasteiger partial charge in [0.25, 0.3) is 5.91 Å². The smallest absolute Gasteiger partial charge is 0.256 e. The number of nitrogens with two attached hydrogens (primary N) is 1. The summed E-state index contributed by atoms with van der Waals surface area (Å²) in [5, 5.41) is 10.6. The van der Waals surface area contributed by atoms with Gasteiger partial charge >= 0.3 is 0 Å². The summed E-state index contributed by atoms with van der Waals surface area (Å²) < 4.78 is 0.701. The van der Waals surface area contributed by atoms with Gasteiger partial charge in [-0.2, -0.15) is 5.10 Å². The Balaban J connectivity index is 1.89. The molecule has 0 fully saturated rings. The topological polar surface area (TPSA) is 83.8 Å². The summed E-state index contributed by atoms with van der Waals surface area (Å²) in [6, 6.07) is 10.7. The number of aromatic nitrogens is 2. The fraction of sp³-hybridized carbons (Fsp3) is 0. The van der Waals surface area contributed by atoms with Crippen LogP contribution in [0.2, 0.25) is 0 Å². The SMILES string of the molecule is Nc1ccc(Br)c(C(=O)Nc2ccc3cn[nH]c3c2)c1. The molecule has 4 N–H and O–H groups in total. The number of aromatic amines is 1. The van der Waals surface area contributed by atoms with Crippen LogP contribution in [0.15, 0.2) is 47.1 Å². The molecule has 0 unspecified atom stereocenters. The minimum absolute atomic E-state index is 0.219. The van der Waals surface area contributed by atoms with Crippen LogP contribution in [0.1, 0.15) is 10.4 Å². The van der Waals surface area contributed by atoms with Crippen LogP contribution in [0.4, 0.5) is 11.4 Å². The van der Waals surface area contributed by atoms with Gasteiger partial charge in [-0.05, 0) is 52.3 Å². The van der Waals surface area contributed by atoms with Crippen LogP contribution in [0.3, 0.4) is 0 Å². The van der Waals surface area contributed by atoms with E-state index in [1.54, 1.807) is 24.4 Å². The highest BCUT2D eigenvalue weighted by Gasteiger charge is 2.11. The average Bonchev–Trinajstić information content (AvgIpc) is 2.89. The Hall–Kier alpha value is -2.34. The molecule has 0 atom stereocenters. The van der Waals surface area contributed by atoms with Crippen molar-refractivity contribution in [2.75, 3.05) is 11.1 Å². The predicted octanol–water partition coefficient (Wildman–Crippen LogP) is 3.16. The Kier molecular flexibility index (Phi) is 3.15. The second kappa shape index (κ2) is 4.97. The molecule has 100 valence electrons. The molecule has 0 saturated heterocycles. The van der Waals surface area contributed by atoms with E-state index in [-0.39, 0.29) is 5.91 Å². The second-order valence-corrected chi connectivity index (χ2v) is 5.22. The molecule has 1 amide bonds. The molecule has 0 bridgehead atoms. The summed E-state index contributed by atoms with van der Waals surface area (Å²) in [7, 11) is 0. The quantitative estimate of drug-likeness (QED) is 0.631. The zero-order valence-electron chi connectivity index (χ0n) is 10.4. The van der Waals surface area contributed by atoms with Crippen molar-refractivity contribution in [2.24, 2.45) is 0 Å². The number of fused-ring (bicyclic) bond motifs is 1. The molecule has 1 heterocycles. The number of rotatable bonds is 2. The van der Waals surface area contributed by atoms with E-state index in [2.05, 4.69) is 31.4 Å². The fourth-order valence-electron chi connectivity index (χ4n) is 1.93. The van der Waals surface area contributed by atoms with Gasteiger partial charge in [-0.1, -0.05) is 0 Å². The van der Waals surface area contributed by atoms with E-state index < -0.39 is 0 Å². The Bertz CT molecular complexity index is 797. The van der Waals surface area contributed by atoms with Crippen molar-refractivity contribution >= 4 is 44.1 Å². The average molecular weight is 331 g/mol. The third kappa shape index (κ3) is 2.37. The largest absolute Gasteiger partial charge is 0.399 e. The van der Waals surface area contributed by atoms with Crippen molar-refractivity contribution in [3.05, 3.63) is 52.6 Å². The molecular formula is C14H11BrN4O. The highest BCUT2D eigenvalue weighted by Crippen LogP contribution is 2.22. The van der Waals surface area contributed by atoms with Gasteiger partial charge < -0.3 is 11.1 Å². The minimum atomic E-state index is -0.219. The molecule has 0 spiro atoms. The van der Waals surface area contributed by atoms with Gasteiger partial charge in [0.2, 0.25) is 0 Å². The molecule has 6 heteroatoms. The Morgan fingerprint density at radius 2 is 2.10 bits per heavy atom. The maximum atomic E-state index is 12.2. The van der Waals surface area contributed by atoms with E-state index in [1.807, 2.05) is 18.2 Å². The lowest BCUT2D eigenvalue weighted by Gasteiger charge is -2.07. The Morgan fingerprint density at radius 3 is 2.95 bits per heavy atom. The second-order valence-electron chi connectivity index (χ2n) is 4.37. The number of carbonyl (C=O) groups excluding carboxylic acids is 1. The zero-order valence-corrected chi connectivity index (χ0v) is 11.9. The van der Waals surface area contributed by atoms with Crippen LogP contribution in [0, 0.1) is 0 Å². The third-order valence-corrected chi connectivity index (χ3v) is 3.63. The van der Waals surface area contributed by atoms with E-state index in [9.17, 15) is 4.79 Å². The lowest BCUT2D eigenvalue weighted by molar-refractivity contribution is 0.102. The zero-order chi connectivity index (χ0) is 14.1. The number of nitrogens with one attached hydrogen (secondary N) is 2. The van der Waals surface area contributed by atoms with Crippen LogP contribution in [0.5, 0.6) is 0 Å². The Labute approximate surface area is 123 Å². The molecule has 2 aromatic carbocycles. The van der Waals surface area contributed by atoms with Crippen molar-refractivity contribution in [3.63, 3.8) is 0 Å². The standard InChI is InChI=1S/C14H11BrN4O/c15-12-4-2-9(16)5-11(12)14(20)18-10-3-1-8-7-17-19-13(8)6-10/h1-7H,16H2,(H,17,19)(H,18,20). The number of carbonyl (C=O) groups is 1. The summed E-state index contributed by atoms with van der Waals surface area (Å²) in [6.07, 6.45) is 1.73. The van der Waals surface area contributed by atoms with E-state index in [1.165, 1.54) is 0 Å². The molecule has 0 aliphatic carbocycles. The van der Waals surface area contributed by atoms with Gasteiger partial charge in [0.05, 0.1) is 17.3 Å². The van der Waals surface area contributed by atoms with Crippen LogP contribution >= 0.6 is 15.9 Å². The number of halogens is 1. The lowest BCUT2D eigenvalue weighted by atomic mass is 10.2. The summed E-state index contributed by atoms with van der Waals surface area (Å²) in [4.78, 5) is 12.2. The van der Waals surface area contributed by atoms with Crippen molar-refractivity contribution in [2.45, 2.75) is 0 Å². The van der Waals surface area contributed by atoms with Crippen LogP contribution < -0.4 is 11.1 Å². The number of amides is 1. The fourth-order valence-corrected chi connectivity index (χ4v) is 2.36. The van der Waals surface area contributed by atoms with Crippen molar-refractivity contribution in [3.8, 4) is 0 Å². The minimum Gasteiger partial charge on any atom is -0.399 e. The summed E-state index contributed by atoms with van der Waals surface area (Å²) in [5.41, 5.74) is 8.31. The molecule has 5 nitrogen and oxygen atoms in total. The molecular weight excluding hydrogens is 320 g/mol. The van der Waals surface area contributed by atoms with Gasteiger partial charge in [0, 0.05) is 21.2 Å². The number of anilines is 2. The number of nitrogen functional groups attached to an aromatic ring is 1. The molecule has 0 radical (unpaired) electrons. The third-order valence-electron chi connectivity index (χ3n) is 2.93. The molecule has 0 aliphatic heterocycles. The monoisotopic (exact) mass is 330 g/mol. The first-order chi connectivity index (χ1) is 9.63. The van der Waals surface area contributed by atoms with E-state index >= 15 is 0 Å². The number of benzene rings is 2. The number of H-pyrrole nitrogens is 1. The number of hydrogen-bond acceptors (Lipinski definition) is 3. The number of nitrogens with zero attached hydrogens (tertiary/aromatic N) is 1. The summed E-state index contributed by atoms with van der Waals surface area (Å²) in [5.74, 6) is -0.219. The highest BCUT2D eigenvalue weighted by molar-refractivity contribution is 9.10. The molecule has 1 aromatic heterocycles. The van der Waals surface area contributed by atoms with Gasteiger partial charge in [-0.25, -0.2) is 0 Å². The molecule has 20 heavy (non-hydrogen) atoms. The lowest BCUT2D eigenvalue weighted by Crippen LogP contribution is -2.12. The van der Waals surface area contributed by atoms with E-state index in [4.69, 9.17) is 5.73 Å². The number of hydrogen-bond donors (Lipinski definition) is 3. The maximum absolute atomic E-state index is 12.2. The van der Waals surface area contributed by atoms with Crippen LogP contribution in [-0.4, -0.2) is 16.1 Å². The first-order valence-electron chi connectivity index (χ1n) is 5.93. The first-order valence-corrected chi connectivity index (χ1v) is 6.72. The van der Waals surface area contributed by atoms with Gasteiger partial charge in [-0.3, -0.25) is 9.89 Å². The van der Waals surface area contributed by atoms with Gasteiger partial charge in [-0.15, -0.1) is 0 Å². The normalized spacial score (nSPS) is 10.7. The van der Waals surface area contributed by atoms with Gasteiger partial charge in [0.15, 0.2) is 0 Å². The predicted molar refractivity (Wildman–Crippen MR) is 82.6 cm³/mol. The highest BCUT2D eigenvalue weighted by atomic mass is 79.9. The first kappa shape index (κ1) is 12.7. The van der Waals surface area contributed by atoms with Crippen molar-refractivity contribution in [1.29, 1.82) is 0 Å². The van der Waals surface area contributed by atoms with Crippen molar-refractivity contribution < 1.29 is 4.79 Å². The molecule has 0 aliphatic rings. The van der Waals surface area contributed by atoms with Crippen LogP contribution in [0.25, 0.3) is 10.9 Å². The summed E-state index contributed by atoms with van der Waals surface area (Å²) >= 11 is 3.35. The van der Waals surface area contributed by atoms with E-state index in [0.717, 1.165) is 10.9 Å². The summed E-state index contributed by atoms with van der Waals surface area (Å²) in [6.45, 7) is 0. The maximum Gasteiger partial charge on any atom is 0.256 e. The van der Waals surface area contributed by atoms with Crippen LogP contribution in [-0.2, 0) is 0 Å². The van der Waals surface area contributed by atoms with Gasteiger partial charge in [0.1, 0.15) is 0 Å². The Morgan fingerprint density at radius 1 is 1.25 bits per heavy atom. The van der Waals surface area contributed by atoms with E-state index in [0.29, 0.717) is 21.4 Å².